The summed E-state index contributed by atoms with van der Waals surface area (Å²) in [6, 6.07) is 0.0211. The Balaban J connectivity index is 0.00000338. The van der Waals surface area contributed by atoms with Crippen LogP contribution in [-0.2, 0) is 14.4 Å². The Morgan fingerprint density at radius 2 is 1.81 bits per heavy atom. The van der Waals surface area contributed by atoms with Gasteiger partial charge < -0.3 is 20.9 Å². The second-order valence-corrected chi connectivity index (χ2v) is 7.06. The lowest BCUT2D eigenvalue weighted by molar-refractivity contribution is -0.143. The normalized spacial score (nSPS) is 21.4. The summed E-state index contributed by atoms with van der Waals surface area (Å²) >= 11 is 0. The standard InChI is InChI=1S/C18H32N4O3.ClH/c19-10-9-16(23)20-13-15-7-4-6-12-22(15)18(25)14-21-11-5-2-1-3-8-17(21)24;/h15H,1-14,19H2,(H,20,23);1H. The van der Waals surface area contributed by atoms with Crippen LogP contribution in [0, 0.1) is 0 Å². The Kier molecular flexibility index (Phi) is 10.6. The Morgan fingerprint density at radius 3 is 2.58 bits per heavy atom. The lowest BCUT2D eigenvalue weighted by Crippen LogP contribution is -2.53. The highest BCUT2D eigenvalue weighted by atomic mass is 35.5. The van der Waals surface area contributed by atoms with Gasteiger partial charge in [0.25, 0.3) is 0 Å². The first-order valence-corrected chi connectivity index (χ1v) is 9.66. The van der Waals surface area contributed by atoms with Crippen LogP contribution in [0.15, 0.2) is 0 Å². The van der Waals surface area contributed by atoms with Crippen molar-refractivity contribution < 1.29 is 14.4 Å². The van der Waals surface area contributed by atoms with E-state index in [2.05, 4.69) is 5.32 Å². The number of hydrogen-bond acceptors (Lipinski definition) is 4. The molecule has 0 aromatic rings. The van der Waals surface area contributed by atoms with Crippen LogP contribution in [0.3, 0.4) is 0 Å². The second-order valence-electron chi connectivity index (χ2n) is 7.06. The SMILES string of the molecule is Cl.NCCC(=O)NCC1CCCCN1C(=O)CN1CCCCCCC1=O. The molecule has 0 saturated carbocycles. The maximum absolute atomic E-state index is 12.8. The number of hydrogen-bond donors (Lipinski definition) is 2. The van der Waals surface area contributed by atoms with Gasteiger partial charge in [-0.05, 0) is 32.1 Å². The number of amides is 3. The number of carbonyl (C=O) groups excluding carboxylic acids is 3. The summed E-state index contributed by atoms with van der Waals surface area (Å²) < 4.78 is 0. The molecule has 1 atom stereocenters. The third kappa shape index (κ3) is 7.11. The molecule has 150 valence electrons. The first-order valence-electron chi connectivity index (χ1n) is 9.66. The number of rotatable bonds is 6. The van der Waals surface area contributed by atoms with Crippen LogP contribution in [0.25, 0.3) is 0 Å². The van der Waals surface area contributed by atoms with Gasteiger partial charge in [-0.2, -0.15) is 0 Å². The molecule has 2 fully saturated rings. The zero-order valence-corrected chi connectivity index (χ0v) is 16.4. The molecule has 7 nitrogen and oxygen atoms in total. The maximum Gasteiger partial charge on any atom is 0.242 e. The van der Waals surface area contributed by atoms with Crippen molar-refractivity contribution in [2.45, 2.75) is 63.8 Å². The Morgan fingerprint density at radius 1 is 1.08 bits per heavy atom. The van der Waals surface area contributed by atoms with Crippen molar-refractivity contribution in [3.05, 3.63) is 0 Å². The van der Waals surface area contributed by atoms with E-state index >= 15 is 0 Å². The molecule has 2 aliphatic heterocycles. The quantitative estimate of drug-likeness (QED) is 0.710. The van der Waals surface area contributed by atoms with E-state index < -0.39 is 0 Å². The molecule has 1 unspecified atom stereocenters. The average Bonchev–Trinajstić information content (AvgIpc) is 2.60. The van der Waals surface area contributed by atoms with Gasteiger partial charge in [-0.25, -0.2) is 0 Å². The lowest BCUT2D eigenvalue weighted by Gasteiger charge is -2.37. The summed E-state index contributed by atoms with van der Waals surface area (Å²) in [5.74, 6) is 0.0315. The minimum atomic E-state index is -0.0700. The van der Waals surface area contributed by atoms with Gasteiger partial charge in [-0.3, -0.25) is 14.4 Å². The number of likely N-dealkylation sites (tertiary alicyclic amines) is 2. The Hall–Kier alpha value is -1.34. The van der Waals surface area contributed by atoms with Crippen LogP contribution in [0.2, 0.25) is 0 Å². The Labute approximate surface area is 162 Å². The molecule has 0 radical (unpaired) electrons. The molecule has 2 aliphatic rings. The molecular weight excluding hydrogens is 356 g/mol. The molecule has 2 rings (SSSR count). The third-order valence-electron chi connectivity index (χ3n) is 5.10. The van der Waals surface area contributed by atoms with E-state index in [1.165, 1.54) is 0 Å². The van der Waals surface area contributed by atoms with Crippen molar-refractivity contribution in [3.8, 4) is 0 Å². The minimum absolute atomic E-state index is 0. The highest BCUT2D eigenvalue weighted by molar-refractivity contribution is 5.85. The fourth-order valence-electron chi connectivity index (χ4n) is 3.63. The van der Waals surface area contributed by atoms with E-state index in [0.29, 0.717) is 39.0 Å². The van der Waals surface area contributed by atoms with E-state index in [4.69, 9.17) is 5.73 Å². The van der Waals surface area contributed by atoms with Gasteiger partial charge in [0.15, 0.2) is 0 Å². The average molecular weight is 389 g/mol. The van der Waals surface area contributed by atoms with Crippen molar-refractivity contribution in [1.82, 2.24) is 15.1 Å². The molecule has 3 amide bonds. The topological polar surface area (TPSA) is 95.7 Å². The molecule has 0 aliphatic carbocycles. The van der Waals surface area contributed by atoms with Crippen molar-refractivity contribution in [2.75, 3.05) is 32.7 Å². The second kappa shape index (κ2) is 12.1. The molecular formula is C18H33ClN4O3. The van der Waals surface area contributed by atoms with E-state index in [1.807, 2.05) is 4.90 Å². The van der Waals surface area contributed by atoms with Crippen molar-refractivity contribution in [2.24, 2.45) is 5.73 Å². The number of nitrogens with two attached hydrogens (primary N) is 1. The van der Waals surface area contributed by atoms with Crippen LogP contribution in [0.4, 0.5) is 0 Å². The van der Waals surface area contributed by atoms with Crippen LogP contribution >= 0.6 is 12.4 Å². The maximum atomic E-state index is 12.8. The van der Waals surface area contributed by atoms with E-state index in [-0.39, 0.29) is 42.7 Å². The lowest BCUT2D eigenvalue weighted by atomic mass is 10.0. The first kappa shape index (κ1) is 22.7. The summed E-state index contributed by atoms with van der Waals surface area (Å²) in [6.07, 6.45) is 7.90. The molecule has 0 aromatic heterocycles. The van der Waals surface area contributed by atoms with Crippen molar-refractivity contribution in [1.29, 1.82) is 0 Å². The molecule has 2 saturated heterocycles. The monoisotopic (exact) mass is 388 g/mol. The van der Waals surface area contributed by atoms with Crippen molar-refractivity contribution >= 4 is 30.1 Å². The molecule has 26 heavy (non-hydrogen) atoms. The number of carbonyl (C=O) groups is 3. The first-order chi connectivity index (χ1) is 12.1. The zero-order chi connectivity index (χ0) is 18.1. The van der Waals surface area contributed by atoms with Gasteiger partial charge in [0.05, 0.1) is 6.54 Å². The Bertz CT molecular complexity index is 475. The number of nitrogens with one attached hydrogen (secondary N) is 1. The fraction of sp³-hybridized carbons (Fsp3) is 0.833. The van der Waals surface area contributed by atoms with Gasteiger partial charge in [0.2, 0.25) is 17.7 Å². The van der Waals surface area contributed by atoms with E-state index in [9.17, 15) is 14.4 Å². The highest BCUT2D eigenvalue weighted by Gasteiger charge is 2.29. The zero-order valence-electron chi connectivity index (χ0n) is 15.6. The highest BCUT2D eigenvalue weighted by Crippen LogP contribution is 2.18. The van der Waals surface area contributed by atoms with Gasteiger partial charge in [-0.15, -0.1) is 12.4 Å². The van der Waals surface area contributed by atoms with Gasteiger partial charge in [0.1, 0.15) is 0 Å². The molecule has 2 heterocycles. The summed E-state index contributed by atoms with van der Waals surface area (Å²) in [5, 5.41) is 2.88. The predicted molar refractivity (Wildman–Crippen MR) is 103 cm³/mol. The molecule has 0 aromatic carbocycles. The molecule has 0 spiro atoms. The third-order valence-corrected chi connectivity index (χ3v) is 5.10. The summed E-state index contributed by atoms with van der Waals surface area (Å²) in [4.78, 5) is 40.3. The largest absolute Gasteiger partial charge is 0.354 e. The van der Waals surface area contributed by atoms with Crippen molar-refractivity contribution in [3.63, 3.8) is 0 Å². The van der Waals surface area contributed by atoms with Crippen LogP contribution < -0.4 is 11.1 Å². The summed E-state index contributed by atoms with van der Waals surface area (Å²) in [6.45, 7) is 2.36. The number of piperidine rings is 1. The smallest absolute Gasteiger partial charge is 0.242 e. The fourth-order valence-corrected chi connectivity index (χ4v) is 3.63. The van der Waals surface area contributed by atoms with Crippen LogP contribution in [-0.4, -0.2) is 66.3 Å². The number of nitrogens with zero attached hydrogens (tertiary/aromatic N) is 2. The van der Waals surface area contributed by atoms with E-state index in [0.717, 1.165) is 44.9 Å². The molecule has 0 bridgehead atoms. The van der Waals surface area contributed by atoms with Gasteiger partial charge in [0, 0.05) is 45.1 Å². The van der Waals surface area contributed by atoms with Crippen LogP contribution in [0.5, 0.6) is 0 Å². The van der Waals surface area contributed by atoms with Gasteiger partial charge in [-0.1, -0.05) is 12.8 Å². The number of halogens is 1. The summed E-state index contributed by atoms with van der Waals surface area (Å²) in [5.41, 5.74) is 5.39. The minimum Gasteiger partial charge on any atom is -0.354 e. The summed E-state index contributed by atoms with van der Waals surface area (Å²) in [7, 11) is 0. The predicted octanol–water partition coefficient (Wildman–Crippen LogP) is 1.05. The van der Waals surface area contributed by atoms with Gasteiger partial charge >= 0.3 is 0 Å². The van der Waals surface area contributed by atoms with Crippen LogP contribution in [0.1, 0.15) is 57.8 Å². The molecule has 8 heteroatoms. The van der Waals surface area contributed by atoms with E-state index in [1.54, 1.807) is 4.90 Å². The molecule has 3 N–H and O–H groups in total.